The van der Waals surface area contributed by atoms with E-state index in [1.54, 1.807) is 19.1 Å². The van der Waals surface area contributed by atoms with Crippen molar-refractivity contribution in [1.82, 2.24) is 15.0 Å². The topological polar surface area (TPSA) is 73.9 Å². The zero-order valence-corrected chi connectivity index (χ0v) is 11.3. The van der Waals surface area contributed by atoms with Crippen LogP contribution in [0.4, 0.5) is 10.2 Å². The van der Waals surface area contributed by atoms with Crippen LogP contribution >= 0.6 is 0 Å². The lowest BCUT2D eigenvalue weighted by molar-refractivity contribution is 0.272. The number of ether oxygens (including phenoxy) is 1. The molecule has 0 radical (unpaired) electrons. The summed E-state index contributed by atoms with van der Waals surface area (Å²) in [6.07, 6.45) is 4.67. The summed E-state index contributed by atoms with van der Waals surface area (Å²) in [6.45, 7) is 4.15. The number of pyridine rings is 1. The van der Waals surface area contributed by atoms with E-state index in [9.17, 15) is 4.39 Å². The molecule has 104 valence electrons. The number of nitrogens with zero attached hydrogens (tertiary/aromatic N) is 3. The van der Waals surface area contributed by atoms with E-state index in [4.69, 9.17) is 10.5 Å². The van der Waals surface area contributed by atoms with E-state index in [-0.39, 0.29) is 5.56 Å². The molecule has 2 heterocycles. The van der Waals surface area contributed by atoms with Crippen LogP contribution in [0.25, 0.3) is 17.3 Å². The quantitative estimate of drug-likeness (QED) is 0.685. The molecule has 0 spiro atoms. The van der Waals surface area contributed by atoms with Gasteiger partial charge in [0, 0.05) is 12.3 Å². The van der Waals surface area contributed by atoms with Crippen LogP contribution in [0.3, 0.4) is 0 Å². The fourth-order valence-electron chi connectivity index (χ4n) is 1.69. The second kappa shape index (κ2) is 6.10. The highest BCUT2D eigenvalue weighted by molar-refractivity contribution is 5.65. The zero-order valence-electron chi connectivity index (χ0n) is 11.3. The highest BCUT2D eigenvalue weighted by Crippen LogP contribution is 2.22. The Hall–Kier alpha value is -2.50. The van der Waals surface area contributed by atoms with Crippen LogP contribution in [0.1, 0.15) is 18.3 Å². The van der Waals surface area contributed by atoms with Crippen molar-refractivity contribution in [3.8, 4) is 11.3 Å². The van der Waals surface area contributed by atoms with E-state index >= 15 is 0 Å². The number of rotatable bonds is 4. The van der Waals surface area contributed by atoms with Gasteiger partial charge in [0.15, 0.2) is 0 Å². The third-order valence-corrected chi connectivity index (χ3v) is 2.52. The van der Waals surface area contributed by atoms with Gasteiger partial charge in [-0.25, -0.2) is 15.0 Å². The van der Waals surface area contributed by atoms with E-state index in [1.807, 2.05) is 6.92 Å². The Morgan fingerprint density at radius 1 is 1.35 bits per heavy atom. The molecule has 20 heavy (non-hydrogen) atoms. The standard InChI is InChI=1S/C14H15FN4O/c1-3-20-5-4-10-6-11(14(15)17-8-10)12-7-13(16)19-9(2)18-12/h4-8H,3H2,1-2H3,(H2,16,18,19). The van der Waals surface area contributed by atoms with Crippen molar-refractivity contribution in [2.24, 2.45) is 0 Å². The number of aromatic nitrogens is 3. The van der Waals surface area contributed by atoms with Crippen molar-refractivity contribution in [2.45, 2.75) is 13.8 Å². The SMILES string of the molecule is CCOC=Cc1cnc(F)c(-c2cc(N)nc(C)n2)c1. The highest BCUT2D eigenvalue weighted by Gasteiger charge is 2.10. The molecule has 0 fully saturated rings. The first-order valence-electron chi connectivity index (χ1n) is 6.15. The molecule has 0 saturated carbocycles. The van der Waals surface area contributed by atoms with E-state index < -0.39 is 5.95 Å². The highest BCUT2D eigenvalue weighted by atomic mass is 19.1. The first-order valence-corrected chi connectivity index (χ1v) is 6.15. The maximum Gasteiger partial charge on any atom is 0.222 e. The van der Waals surface area contributed by atoms with Gasteiger partial charge in [-0.3, -0.25) is 0 Å². The molecular formula is C14H15FN4O. The van der Waals surface area contributed by atoms with Gasteiger partial charge in [-0.1, -0.05) is 0 Å². The molecule has 0 aromatic carbocycles. The summed E-state index contributed by atoms with van der Waals surface area (Å²) >= 11 is 0. The van der Waals surface area contributed by atoms with Gasteiger partial charge >= 0.3 is 0 Å². The molecule has 0 unspecified atom stereocenters. The third-order valence-electron chi connectivity index (χ3n) is 2.52. The van der Waals surface area contributed by atoms with Crippen LogP contribution in [0.2, 0.25) is 0 Å². The monoisotopic (exact) mass is 274 g/mol. The van der Waals surface area contributed by atoms with Gasteiger partial charge in [-0.05, 0) is 31.6 Å². The second-order valence-corrected chi connectivity index (χ2v) is 4.09. The minimum absolute atomic E-state index is 0.279. The van der Waals surface area contributed by atoms with Crippen molar-refractivity contribution in [3.05, 3.63) is 41.9 Å². The molecule has 0 aliphatic heterocycles. The number of anilines is 1. The Morgan fingerprint density at radius 3 is 2.85 bits per heavy atom. The smallest absolute Gasteiger partial charge is 0.222 e. The molecule has 5 nitrogen and oxygen atoms in total. The van der Waals surface area contributed by atoms with Crippen molar-refractivity contribution in [3.63, 3.8) is 0 Å². The maximum atomic E-state index is 13.8. The number of hydrogen-bond donors (Lipinski definition) is 1. The molecule has 0 amide bonds. The lowest BCUT2D eigenvalue weighted by Gasteiger charge is -2.05. The third kappa shape index (κ3) is 3.28. The van der Waals surface area contributed by atoms with Gasteiger partial charge in [0.25, 0.3) is 0 Å². The predicted molar refractivity (Wildman–Crippen MR) is 75.0 cm³/mol. The average molecular weight is 274 g/mol. The van der Waals surface area contributed by atoms with E-state index in [1.165, 1.54) is 18.5 Å². The van der Waals surface area contributed by atoms with Crippen molar-refractivity contribution in [2.75, 3.05) is 12.3 Å². The summed E-state index contributed by atoms with van der Waals surface area (Å²) in [7, 11) is 0. The Labute approximate surface area is 116 Å². The number of hydrogen-bond acceptors (Lipinski definition) is 5. The van der Waals surface area contributed by atoms with Crippen LogP contribution in [-0.4, -0.2) is 21.6 Å². The van der Waals surface area contributed by atoms with E-state index in [0.717, 1.165) is 0 Å². The van der Waals surface area contributed by atoms with E-state index in [0.29, 0.717) is 29.5 Å². The van der Waals surface area contributed by atoms with Gasteiger partial charge in [-0.2, -0.15) is 4.39 Å². The van der Waals surface area contributed by atoms with Gasteiger partial charge in [-0.15, -0.1) is 0 Å². The Morgan fingerprint density at radius 2 is 2.15 bits per heavy atom. The number of halogens is 1. The minimum atomic E-state index is -0.601. The first kappa shape index (κ1) is 13.9. The summed E-state index contributed by atoms with van der Waals surface area (Å²) in [5, 5.41) is 0. The first-order chi connectivity index (χ1) is 9.60. The molecule has 2 aromatic rings. The normalized spacial score (nSPS) is 10.9. The molecule has 2 N–H and O–H groups in total. The minimum Gasteiger partial charge on any atom is -0.501 e. The maximum absolute atomic E-state index is 13.8. The summed E-state index contributed by atoms with van der Waals surface area (Å²) in [4.78, 5) is 11.9. The average Bonchev–Trinajstić information content (AvgIpc) is 2.40. The Kier molecular flexibility index (Phi) is 4.24. The largest absolute Gasteiger partial charge is 0.501 e. The van der Waals surface area contributed by atoms with Gasteiger partial charge in [0.1, 0.15) is 11.6 Å². The molecule has 6 heteroatoms. The van der Waals surface area contributed by atoms with Crippen LogP contribution < -0.4 is 5.73 Å². The summed E-state index contributed by atoms with van der Waals surface area (Å²) in [5.74, 6) is 0.174. The van der Waals surface area contributed by atoms with Crippen LogP contribution in [0.5, 0.6) is 0 Å². The van der Waals surface area contributed by atoms with Gasteiger partial charge in [0.05, 0.1) is 24.1 Å². The van der Waals surface area contributed by atoms with Crippen LogP contribution in [-0.2, 0) is 4.74 Å². The molecule has 2 aromatic heterocycles. The fraction of sp³-hybridized carbons (Fsp3) is 0.214. The van der Waals surface area contributed by atoms with Crippen molar-refractivity contribution < 1.29 is 9.13 Å². The molecule has 0 saturated heterocycles. The van der Waals surface area contributed by atoms with Crippen molar-refractivity contribution in [1.29, 1.82) is 0 Å². The van der Waals surface area contributed by atoms with E-state index in [2.05, 4.69) is 15.0 Å². The number of nitrogen functional groups attached to an aromatic ring is 1. The molecule has 0 aliphatic carbocycles. The summed E-state index contributed by atoms with van der Waals surface area (Å²) in [5.41, 5.74) is 7.06. The summed E-state index contributed by atoms with van der Waals surface area (Å²) in [6, 6.07) is 3.15. The van der Waals surface area contributed by atoms with Crippen LogP contribution in [0, 0.1) is 12.9 Å². The Bertz CT molecular complexity index is 623. The van der Waals surface area contributed by atoms with Crippen molar-refractivity contribution >= 4 is 11.9 Å². The lowest BCUT2D eigenvalue weighted by atomic mass is 10.1. The lowest BCUT2D eigenvalue weighted by Crippen LogP contribution is -1.99. The molecule has 0 atom stereocenters. The number of nitrogens with two attached hydrogens (primary N) is 1. The predicted octanol–water partition coefficient (Wildman–Crippen LogP) is 2.58. The molecular weight excluding hydrogens is 259 g/mol. The fourth-order valence-corrected chi connectivity index (χ4v) is 1.69. The molecule has 2 rings (SSSR count). The van der Waals surface area contributed by atoms with Crippen LogP contribution in [0.15, 0.2) is 24.6 Å². The van der Waals surface area contributed by atoms with Gasteiger partial charge in [0.2, 0.25) is 5.95 Å². The second-order valence-electron chi connectivity index (χ2n) is 4.09. The van der Waals surface area contributed by atoms with Gasteiger partial charge < -0.3 is 10.5 Å². The number of aryl methyl sites for hydroxylation is 1. The summed E-state index contributed by atoms with van der Waals surface area (Å²) < 4.78 is 18.9. The molecule has 0 bridgehead atoms. The Balaban J connectivity index is 2.42. The molecule has 0 aliphatic rings. The zero-order chi connectivity index (χ0) is 14.5.